The van der Waals surface area contributed by atoms with Gasteiger partial charge in [0.05, 0.1) is 11.9 Å². The van der Waals surface area contributed by atoms with Crippen LogP contribution in [-0.4, -0.2) is 37.3 Å². The number of aromatic amines is 1. The van der Waals surface area contributed by atoms with Crippen LogP contribution in [0.15, 0.2) is 71.7 Å². The largest absolute Gasteiger partial charge is 0.385 e. The molecule has 4 aromatic rings. The molecule has 146 valence electrons. The molecule has 0 saturated heterocycles. The van der Waals surface area contributed by atoms with E-state index >= 15 is 0 Å². The van der Waals surface area contributed by atoms with E-state index in [4.69, 9.17) is 0 Å². The minimum absolute atomic E-state index is 0.0634. The van der Waals surface area contributed by atoms with Crippen molar-refractivity contribution in [3.63, 3.8) is 0 Å². The first kappa shape index (κ1) is 18.6. The first-order valence-corrected chi connectivity index (χ1v) is 9.13. The molecule has 0 bridgehead atoms. The molecule has 0 radical (unpaired) electrons. The molecule has 4 rings (SSSR count). The van der Waals surface area contributed by atoms with Gasteiger partial charge in [0, 0.05) is 24.5 Å². The molecule has 1 amide bonds. The zero-order chi connectivity index (χ0) is 20.2. The van der Waals surface area contributed by atoms with Crippen LogP contribution in [0.3, 0.4) is 0 Å². The highest BCUT2D eigenvalue weighted by Crippen LogP contribution is 2.18. The van der Waals surface area contributed by atoms with Crippen molar-refractivity contribution in [1.29, 1.82) is 0 Å². The van der Waals surface area contributed by atoms with Gasteiger partial charge in [-0.2, -0.15) is 5.10 Å². The lowest BCUT2D eigenvalue weighted by molar-refractivity contribution is 0.0910. The van der Waals surface area contributed by atoms with Crippen molar-refractivity contribution >= 4 is 16.9 Å². The number of hydrogen-bond donors (Lipinski definition) is 3. The summed E-state index contributed by atoms with van der Waals surface area (Å²) < 4.78 is 1.69. The molecule has 0 fully saturated rings. The van der Waals surface area contributed by atoms with Crippen molar-refractivity contribution in [2.24, 2.45) is 0 Å². The van der Waals surface area contributed by atoms with Crippen LogP contribution in [0.1, 0.15) is 27.8 Å². The van der Waals surface area contributed by atoms with Crippen LogP contribution in [0.5, 0.6) is 0 Å². The molecule has 3 aromatic heterocycles. The highest BCUT2D eigenvalue weighted by atomic mass is 16.3. The number of nitrogens with one attached hydrogen (secondary N) is 2. The fraction of sp³-hybridized carbons (Fsp3) is 0.143. The summed E-state index contributed by atoms with van der Waals surface area (Å²) >= 11 is 0. The van der Waals surface area contributed by atoms with E-state index in [0.717, 1.165) is 5.56 Å². The summed E-state index contributed by atoms with van der Waals surface area (Å²) in [6.45, 7) is 0.418. The lowest BCUT2D eigenvalue weighted by Crippen LogP contribution is -2.29. The predicted octanol–water partition coefficient (Wildman–Crippen LogP) is 1.63. The van der Waals surface area contributed by atoms with Gasteiger partial charge in [0.15, 0.2) is 11.3 Å². The van der Waals surface area contributed by atoms with Gasteiger partial charge in [-0.25, -0.2) is 9.67 Å². The van der Waals surface area contributed by atoms with Crippen molar-refractivity contribution < 1.29 is 9.90 Å². The van der Waals surface area contributed by atoms with Gasteiger partial charge in [0.1, 0.15) is 6.10 Å². The molecule has 1 unspecified atom stereocenters. The van der Waals surface area contributed by atoms with Crippen molar-refractivity contribution in [1.82, 2.24) is 25.1 Å². The maximum Gasteiger partial charge on any atom is 0.272 e. The number of benzene rings is 1. The summed E-state index contributed by atoms with van der Waals surface area (Å²) in [7, 11) is 0. The van der Waals surface area contributed by atoms with Gasteiger partial charge in [0.2, 0.25) is 5.56 Å². The average Bonchev–Trinajstić information content (AvgIpc) is 3.11. The number of aliphatic hydroxyl groups is 1. The second-order valence-corrected chi connectivity index (χ2v) is 6.56. The third-order valence-corrected chi connectivity index (χ3v) is 4.50. The molecule has 3 heterocycles. The summed E-state index contributed by atoms with van der Waals surface area (Å²) in [6.07, 6.45) is 0.617. The molecule has 0 spiro atoms. The molecule has 8 heteroatoms. The quantitative estimate of drug-likeness (QED) is 0.464. The van der Waals surface area contributed by atoms with Crippen molar-refractivity contribution in [3.05, 3.63) is 94.2 Å². The number of aromatic nitrogens is 4. The number of amides is 1. The van der Waals surface area contributed by atoms with E-state index in [1.807, 2.05) is 30.3 Å². The maximum atomic E-state index is 12.7. The average molecular weight is 389 g/mol. The Hall–Kier alpha value is -3.78. The molecular formula is C21H19N5O3. The van der Waals surface area contributed by atoms with E-state index in [0.29, 0.717) is 23.3 Å². The second-order valence-electron chi connectivity index (χ2n) is 6.56. The second kappa shape index (κ2) is 8.07. The van der Waals surface area contributed by atoms with Crippen LogP contribution in [0.4, 0.5) is 0 Å². The molecule has 1 atom stereocenters. The summed E-state index contributed by atoms with van der Waals surface area (Å²) in [5.41, 5.74) is 1.90. The van der Waals surface area contributed by atoms with Crippen LogP contribution in [0, 0.1) is 0 Å². The van der Waals surface area contributed by atoms with E-state index in [-0.39, 0.29) is 17.8 Å². The lowest BCUT2D eigenvalue weighted by Gasteiger charge is -2.11. The highest BCUT2D eigenvalue weighted by Gasteiger charge is 2.19. The number of H-pyrrole nitrogens is 1. The van der Waals surface area contributed by atoms with Crippen LogP contribution >= 0.6 is 0 Å². The van der Waals surface area contributed by atoms with Gasteiger partial charge >= 0.3 is 0 Å². The van der Waals surface area contributed by atoms with Gasteiger partial charge in [-0.15, -0.1) is 0 Å². The highest BCUT2D eigenvalue weighted by molar-refractivity contribution is 6.04. The van der Waals surface area contributed by atoms with Gasteiger partial charge in [-0.1, -0.05) is 36.4 Å². The van der Waals surface area contributed by atoms with Gasteiger partial charge in [0.25, 0.3) is 5.91 Å². The van der Waals surface area contributed by atoms with Crippen LogP contribution in [0.2, 0.25) is 0 Å². The number of rotatable bonds is 6. The Labute approximate surface area is 165 Å². The molecule has 8 nitrogen and oxygen atoms in total. The van der Waals surface area contributed by atoms with Gasteiger partial charge in [-0.3, -0.25) is 9.59 Å². The standard InChI is InChI=1S/C21H19N5O3/c27-17(16-9-4-10-18(28)24-16)12-23-21(29)19-15-8-5-11-22-20(15)26(25-19)13-14-6-2-1-3-7-14/h1-11,17,27H,12-13H2,(H,23,29)(H,24,28). The number of fused-ring (bicyclic) bond motifs is 1. The first-order valence-electron chi connectivity index (χ1n) is 9.13. The molecule has 0 aliphatic rings. The van der Waals surface area contributed by atoms with Crippen LogP contribution in [0.25, 0.3) is 11.0 Å². The van der Waals surface area contributed by atoms with E-state index in [9.17, 15) is 14.7 Å². The summed E-state index contributed by atoms with van der Waals surface area (Å²) in [6, 6.07) is 17.8. The number of nitrogens with zero attached hydrogens (tertiary/aromatic N) is 3. The Balaban J connectivity index is 1.55. The number of carbonyl (C=O) groups is 1. The Morgan fingerprint density at radius 2 is 1.93 bits per heavy atom. The van der Waals surface area contributed by atoms with E-state index in [2.05, 4.69) is 20.4 Å². The minimum Gasteiger partial charge on any atom is -0.385 e. The molecule has 1 aromatic carbocycles. The SMILES string of the molecule is O=C(NCC(O)c1cccc(=O)[nH]1)c1nn(Cc2ccccc2)c2ncccc12. The fourth-order valence-electron chi connectivity index (χ4n) is 3.09. The number of hydrogen-bond acceptors (Lipinski definition) is 5. The smallest absolute Gasteiger partial charge is 0.272 e. The first-order chi connectivity index (χ1) is 14.1. The molecular weight excluding hydrogens is 370 g/mol. The zero-order valence-electron chi connectivity index (χ0n) is 15.4. The molecule has 0 aliphatic heterocycles. The summed E-state index contributed by atoms with van der Waals surface area (Å²) in [5, 5.41) is 18.0. The Morgan fingerprint density at radius 3 is 2.72 bits per heavy atom. The van der Waals surface area contributed by atoms with Crippen LogP contribution < -0.4 is 10.9 Å². The number of pyridine rings is 2. The summed E-state index contributed by atoms with van der Waals surface area (Å²) in [5.74, 6) is -0.424. The number of aliphatic hydroxyl groups excluding tert-OH is 1. The Bertz CT molecular complexity index is 1200. The van der Waals surface area contributed by atoms with Crippen molar-refractivity contribution in [2.45, 2.75) is 12.6 Å². The predicted molar refractivity (Wildman–Crippen MR) is 107 cm³/mol. The zero-order valence-corrected chi connectivity index (χ0v) is 15.4. The van der Waals surface area contributed by atoms with Crippen LogP contribution in [-0.2, 0) is 6.54 Å². The number of carbonyl (C=O) groups excluding carboxylic acids is 1. The Morgan fingerprint density at radius 1 is 1.10 bits per heavy atom. The van der Waals surface area contributed by atoms with Gasteiger partial charge in [-0.05, 0) is 23.8 Å². The molecule has 0 saturated carbocycles. The van der Waals surface area contributed by atoms with E-state index < -0.39 is 12.0 Å². The monoisotopic (exact) mass is 389 g/mol. The summed E-state index contributed by atoms with van der Waals surface area (Å²) in [4.78, 5) is 31.0. The lowest BCUT2D eigenvalue weighted by atomic mass is 10.2. The van der Waals surface area contributed by atoms with Gasteiger partial charge < -0.3 is 15.4 Å². The van der Waals surface area contributed by atoms with Crippen molar-refractivity contribution in [2.75, 3.05) is 6.54 Å². The minimum atomic E-state index is -1.04. The third kappa shape index (κ3) is 4.07. The van der Waals surface area contributed by atoms with Crippen molar-refractivity contribution in [3.8, 4) is 0 Å². The molecule has 0 aliphatic carbocycles. The molecule has 3 N–H and O–H groups in total. The third-order valence-electron chi connectivity index (χ3n) is 4.50. The molecule has 29 heavy (non-hydrogen) atoms. The topological polar surface area (TPSA) is 113 Å². The normalized spacial score (nSPS) is 12.0. The Kier molecular flexibility index (Phi) is 5.17. The maximum absolute atomic E-state index is 12.7. The van der Waals surface area contributed by atoms with E-state index in [1.165, 1.54) is 6.07 Å². The fourth-order valence-corrected chi connectivity index (χ4v) is 3.09. The van der Waals surface area contributed by atoms with E-state index in [1.54, 1.807) is 35.1 Å².